The van der Waals surface area contributed by atoms with Crippen molar-refractivity contribution in [1.82, 2.24) is 5.43 Å². The quantitative estimate of drug-likeness (QED) is 0.623. The van der Waals surface area contributed by atoms with E-state index in [1.165, 1.54) is 37.8 Å². The zero-order valence-electron chi connectivity index (χ0n) is 10.9. The van der Waals surface area contributed by atoms with Gasteiger partial charge in [0.25, 0.3) is 0 Å². The lowest BCUT2D eigenvalue weighted by Gasteiger charge is -2.18. The minimum absolute atomic E-state index is 0.130. The van der Waals surface area contributed by atoms with Crippen LogP contribution in [0.25, 0.3) is 0 Å². The Morgan fingerprint density at radius 2 is 2.16 bits per heavy atom. The lowest BCUT2D eigenvalue weighted by atomic mass is 10.1. The van der Waals surface area contributed by atoms with Crippen molar-refractivity contribution in [3.8, 4) is 0 Å². The summed E-state index contributed by atoms with van der Waals surface area (Å²) in [7, 11) is 0. The highest BCUT2D eigenvalue weighted by Gasteiger charge is 2.18. The van der Waals surface area contributed by atoms with Gasteiger partial charge in [0, 0.05) is 22.1 Å². The highest BCUT2D eigenvalue weighted by molar-refractivity contribution is 7.99. The average molecular weight is 303 g/mol. The number of thioether (sulfide) groups is 1. The number of hydrazine groups is 1. The van der Waals surface area contributed by atoms with Gasteiger partial charge in [0.1, 0.15) is 5.82 Å². The molecule has 3 N–H and O–H groups in total. The van der Waals surface area contributed by atoms with E-state index in [9.17, 15) is 4.39 Å². The van der Waals surface area contributed by atoms with Crippen molar-refractivity contribution < 1.29 is 4.39 Å². The van der Waals surface area contributed by atoms with Gasteiger partial charge in [-0.25, -0.2) is 4.39 Å². The summed E-state index contributed by atoms with van der Waals surface area (Å²) in [5.41, 5.74) is 3.64. The van der Waals surface area contributed by atoms with Crippen LogP contribution < -0.4 is 11.3 Å². The Labute approximate surface area is 123 Å². The van der Waals surface area contributed by atoms with Gasteiger partial charge in [-0.3, -0.25) is 11.3 Å². The number of benzene rings is 1. The monoisotopic (exact) mass is 302 g/mol. The molecule has 1 aromatic rings. The van der Waals surface area contributed by atoms with Crippen LogP contribution in [0.2, 0.25) is 5.02 Å². The van der Waals surface area contributed by atoms with Crippen molar-refractivity contribution in [2.75, 3.05) is 5.75 Å². The van der Waals surface area contributed by atoms with Gasteiger partial charge in [-0.05, 0) is 43.0 Å². The minimum Gasteiger partial charge on any atom is -0.271 e. The molecule has 0 saturated heterocycles. The predicted octanol–water partition coefficient (Wildman–Crippen LogP) is 3.53. The van der Waals surface area contributed by atoms with Crippen molar-refractivity contribution >= 4 is 23.4 Å². The second kappa shape index (κ2) is 7.48. The summed E-state index contributed by atoms with van der Waals surface area (Å²) in [6.07, 6.45) is 5.96. The topological polar surface area (TPSA) is 38.0 Å². The van der Waals surface area contributed by atoms with Crippen LogP contribution in [0.1, 0.15) is 31.2 Å². The molecule has 1 aliphatic carbocycles. The number of halogens is 2. The molecule has 1 saturated carbocycles. The van der Waals surface area contributed by atoms with Crippen molar-refractivity contribution in [3.63, 3.8) is 0 Å². The Bertz CT molecular complexity index is 410. The molecule has 106 valence electrons. The Kier molecular flexibility index (Phi) is 5.95. The van der Waals surface area contributed by atoms with E-state index in [4.69, 9.17) is 17.4 Å². The van der Waals surface area contributed by atoms with Crippen molar-refractivity contribution in [2.45, 2.75) is 43.4 Å². The Morgan fingerprint density at radius 1 is 1.42 bits per heavy atom. The maximum Gasteiger partial charge on any atom is 0.123 e. The first-order valence-corrected chi connectivity index (χ1v) is 8.13. The predicted molar refractivity (Wildman–Crippen MR) is 80.9 cm³/mol. The normalized spacial score (nSPS) is 17.8. The Balaban J connectivity index is 1.88. The summed E-state index contributed by atoms with van der Waals surface area (Å²) >= 11 is 8.05. The van der Waals surface area contributed by atoms with E-state index in [0.717, 1.165) is 16.6 Å². The summed E-state index contributed by atoms with van der Waals surface area (Å²) in [6.45, 7) is 0. The van der Waals surface area contributed by atoms with Crippen LogP contribution in [0.15, 0.2) is 18.2 Å². The Hall–Kier alpha value is -0.290. The summed E-state index contributed by atoms with van der Waals surface area (Å²) in [4.78, 5) is 0. The first-order chi connectivity index (χ1) is 9.19. The fourth-order valence-electron chi connectivity index (χ4n) is 2.44. The van der Waals surface area contributed by atoms with Crippen LogP contribution in [0, 0.1) is 5.82 Å². The van der Waals surface area contributed by atoms with E-state index >= 15 is 0 Å². The van der Waals surface area contributed by atoms with Crippen LogP contribution in [0.4, 0.5) is 4.39 Å². The van der Waals surface area contributed by atoms with Gasteiger partial charge in [-0.2, -0.15) is 11.8 Å². The van der Waals surface area contributed by atoms with Gasteiger partial charge in [0.15, 0.2) is 0 Å². The molecule has 1 aliphatic rings. The lowest BCUT2D eigenvalue weighted by Crippen LogP contribution is -2.39. The average Bonchev–Trinajstić information content (AvgIpc) is 2.91. The van der Waals surface area contributed by atoms with Crippen molar-refractivity contribution in [1.29, 1.82) is 0 Å². The van der Waals surface area contributed by atoms with E-state index in [1.807, 2.05) is 11.8 Å². The summed E-state index contributed by atoms with van der Waals surface area (Å²) in [5, 5.41) is 1.37. The van der Waals surface area contributed by atoms with E-state index in [-0.39, 0.29) is 11.9 Å². The molecule has 2 nitrogen and oxygen atoms in total. The van der Waals surface area contributed by atoms with E-state index in [2.05, 4.69) is 5.43 Å². The third-order valence-corrected chi connectivity index (χ3v) is 5.45. The van der Waals surface area contributed by atoms with Gasteiger partial charge in [0.2, 0.25) is 0 Å². The molecule has 19 heavy (non-hydrogen) atoms. The molecule has 0 heterocycles. The van der Waals surface area contributed by atoms with Gasteiger partial charge in [-0.1, -0.05) is 24.4 Å². The zero-order chi connectivity index (χ0) is 13.7. The molecule has 0 amide bonds. The van der Waals surface area contributed by atoms with Crippen LogP contribution in [0.3, 0.4) is 0 Å². The lowest BCUT2D eigenvalue weighted by molar-refractivity contribution is 0.570. The number of hydrogen-bond acceptors (Lipinski definition) is 3. The second-order valence-electron chi connectivity index (χ2n) is 5.04. The first kappa shape index (κ1) is 15.1. The van der Waals surface area contributed by atoms with Crippen molar-refractivity contribution in [3.05, 3.63) is 34.6 Å². The van der Waals surface area contributed by atoms with E-state index < -0.39 is 0 Å². The van der Waals surface area contributed by atoms with E-state index in [0.29, 0.717) is 11.4 Å². The fourth-order valence-corrected chi connectivity index (χ4v) is 4.02. The molecule has 5 heteroatoms. The van der Waals surface area contributed by atoms with Crippen LogP contribution in [-0.2, 0) is 6.42 Å². The first-order valence-electron chi connectivity index (χ1n) is 6.70. The molecule has 0 bridgehead atoms. The van der Waals surface area contributed by atoms with Crippen molar-refractivity contribution in [2.24, 2.45) is 5.84 Å². The highest BCUT2D eigenvalue weighted by Crippen LogP contribution is 2.30. The zero-order valence-corrected chi connectivity index (χ0v) is 12.4. The third-order valence-electron chi connectivity index (χ3n) is 3.55. The van der Waals surface area contributed by atoms with Gasteiger partial charge < -0.3 is 0 Å². The molecular formula is C14H20ClFN2S. The summed E-state index contributed by atoms with van der Waals surface area (Å²) in [5.74, 6) is 6.28. The molecule has 1 atom stereocenters. The fraction of sp³-hybridized carbons (Fsp3) is 0.571. The van der Waals surface area contributed by atoms with Gasteiger partial charge in [0.05, 0.1) is 0 Å². The second-order valence-corrected chi connectivity index (χ2v) is 6.78. The molecule has 1 unspecified atom stereocenters. The number of nitrogens with one attached hydrogen (secondary N) is 1. The maximum atomic E-state index is 13.2. The van der Waals surface area contributed by atoms with Gasteiger partial charge >= 0.3 is 0 Å². The Morgan fingerprint density at radius 3 is 2.84 bits per heavy atom. The number of rotatable bonds is 6. The smallest absolute Gasteiger partial charge is 0.123 e. The number of hydrogen-bond donors (Lipinski definition) is 2. The van der Waals surface area contributed by atoms with Crippen LogP contribution in [0.5, 0.6) is 0 Å². The molecule has 0 radical (unpaired) electrons. The molecule has 2 rings (SSSR count). The van der Waals surface area contributed by atoms with Gasteiger partial charge in [-0.15, -0.1) is 0 Å². The summed E-state index contributed by atoms with van der Waals surface area (Å²) < 4.78 is 13.2. The molecule has 0 aromatic heterocycles. The molecule has 1 fully saturated rings. The van der Waals surface area contributed by atoms with E-state index in [1.54, 1.807) is 6.07 Å². The molecular weight excluding hydrogens is 283 g/mol. The standard InChI is InChI=1S/C14H20ClFN2S/c15-14-6-5-11(16)7-10(14)8-12(18-17)9-19-13-3-1-2-4-13/h5-7,12-13,18H,1-4,8-9,17H2. The van der Waals surface area contributed by atoms with Crippen LogP contribution >= 0.6 is 23.4 Å². The SMILES string of the molecule is NNC(CSC1CCCC1)Cc1cc(F)ccc1Cl. The maximum absolute atomic E-state index is 13.2. The van der Waals surface area contributed by atoms with Crippen LogP contribution in [-0.4, -0.2) is 17.0 Å². The number of nitrogens with two attached hydrogens (primary N) is 1. The molecule has 0 spiro atoms. The minimum atomic E-state index is -0.251. The third kappa shape index (κ3) is 4.63. The highest BCUT2D eigenvalue weighted by atomic mass is 35.5. The summed E-state index contributed by atoms with van der Waals surface area (Å²) in [6, 6.07) is 4.60. The molecule has 0 aliphatic heterocycles. The molecule has 1 aromatic carbocycles. The largest absolute Gasteiger partial charge is 0.271 e.